The van der Waals surface area contributed by atoms with Crippen molar-refractivity contribution in [2.75, 3.05) is 13.2 Å². The third-order valence-electron chi connectivity index (χ3n) is 3.66. The van der Waals surface area contributed by atoms with Gasteiger partial charge in [-0.2, -0.15) is 0 Å². The van der Waals surface area contributed by atoms with Crippen molar-refractivity contribution >= 4 is 46.8 Å². The van der Waals surface area contributed by atoms with Gasteiger partial charge in [0.15, 0.2) is 0 Å². The Balaban J connectivity index is 0.000000785. The fourth-order valence-corrected chi connectivity index (χ4v) is 2.96. The van der Waals surface area contributed by atoms with Crippen LogP contribution < -0.4 is 0 Å². The van der Waals surface area contributed by atoms with E-state index in [0.717, 1.165) is 11.1 Å². The summed E-state index contributed by atoms with van der Waals surface area (Å²) in [5.41, 5.74) is 1.79. The minimum Gasteiger partial charge on any atom is -0.489 e. The van der Waals surface area contributed by atoms with Crippen LogP contribution in [0, 0.1) is 10.1 Å². The molecule has 3 aromatic rings. The molecule has 31 heavy (non-hydrogen) atoms. The first kappa shape index (κ1) is 24.5. The molecule has 1 heterocycles. The predicted molar refractivity (Wildman–Crippen MR) is 119 cm³/mol. The van der Waals surface area contributed by atoms with E-state index >= 15 is 0 Å². The van der Waals surface area contributed by atoms with Gasteiger partial charge in [-0.25, -0.2) is 4.98 Å². The van der Waals surface area contributed by atoms with Crippen molar-refractivity contribution in [1.29, 1.82) is 0 Å². The summed E-state index contributed by atoms with van der Waals surface area (Å²) < 4.78 is 13.4. The average Bonchev–Trinajstić information content (AvgIpc) is 3.21. The second-order valence-corrected chi connectivity index (χ2v) is 7.17. The molecule has 1 aromatic heterocycles. The monoisotopic (exact) mass is 485 g/mol. The van der Waals surface area contributed by atoms with Gasteiger partial charge in [-0.1, -0.05) is 46.9 Å². The van der Waals surface area contributed by atoms with Crippen LogP contribution in [0.5, 0.6) is 0 Å². The molecule has 1 N–H and O–H groups in total. The van der Waals surface area contributed by atoms with Crippen molar-refractivity contribution in [3.8, 4) is 0 Å². The first-order chi connectivity index (χ1) is 14.8. The maximum atomic E-state index is 8.36. The molecule has 0 saturated heterocycles. The van der Waals surface area contributed by atoms with E-state index < -0.39 is 5.09 Å². The summed E-state index contributed by atoms with van der Waals surface area (Å²) in [7, 11) is 0. The van der Waals surface area contributed by atoms with Gasteiger partial charge in [0.1, 0.15) is 12.4 Å². The van der Waals surface area contributed by atoms with Crippen LogP contribution in [-0.2, 0) is 16.1 Å². The SMILES string of the molecule is Clc1ccc(COCCOC(=Cn2ccnc2)c2ccc(Cl)cc2Cl)cc1.O=[N+]([O-])O. The Morgan fingerprint density at radius 3 is 2.42 bits per heavy atom. The summed E-state index contributed by atoms with van der Waals surface area (Å²) in [4.78, 5) is 12.4. The summed E-state index contributed by atoms with van der Waals surface area (Å²) in [5.74, 6) is 0.602. The lowest BCUT2D eigenvalue weighted by molar-refractivity contribution is -0.742. The summed E-state index contributed by atoms with van der Waals surface area (Å²) in [5, 5.41) is 15.4. The van der Waals surface area contributed by atoms with Crippen molar-refractivity contribution in [2.45, 2.75) is 6.61 Å². The van der Waals surface area contributed by atoms with Crippen LogP contribution in [0.25, 0.3) is 12.0 Å². The first-order valence-corrected chi connectivity index (χ1v) is 9.91. The molecule has 0 aliphatic carbocycles. The van der Waals surface area contributed by atoms with E-state index in [-0.39, 0.29) is 0 Å². The molecular weight excluding hydrogens is 469 g/mol. The molecule has 0 spiro atoms. The zero-order chi connectivity index (χ0) is 22.6. The van der Waals surface area contributed by atoms with Crippen LogP contribution >= 0.6 is 34.8 Å². The van der Waals surface area contributed by atoms with E-state index in [2.05, 4.69) is 4.98 Å². The quantitative estimate of drug-likeness (QED) is 0.190. The van der Waals surface area contributed by atoms with E-state index in [0.29, 0.717) is 40.6 Å². The Morgan fingerprint density at radius 1 is 1.13 bits per heavy atom. The summed E-state index contributed by atoms with van der Waals surface area (Å²) in [6, 6.07) is 12.8. The van der Waals surface area contributed by atoms with Crippen molar-refractivity contribution in [3.05, 3.63) is 97.5 Å². The van der Waals surface area contributed by atoms with Crippen molar-refractivity contribution in [1.82, 2.24) is 9.55 Å². The van der Waals surface area contributed by atoms with Gasteiger partial charge in [-0.3, -0.25) is 0 Å². The van der Waals surface area contributed by atoms with Crippen LogP contribution in [0.3, 0.4) is 0 Å². The second kappa shape index (κ2) is 12.8. The molecule has 0 unspecified atom stereocenters. The number of imidazole rings is 1. The number of aromatic nitrogens is 2. The summed E-state index contributed by atoms with van der Waals surface area (Å²) in [6.07, 6.45) is 6.97. The summed E-state index contributed by atoms with van der Waals surface area (Å²) >= 11 is 18.2. The van der Waals surface area contributed by atoms with Crippen molar-refractivity contribution < 1.29 is 19.8 Å². The third-order valence-corrected chi connectivity index (χ3v) is 4.45. The maximum absolute atomic E-state index is 8.36. The standard InChI is InChI=1S/C20H17Cl3N2O2.HNO3/c21-16-3-1-15(2-4-16)13-26-9-10-27-20(12-25-8-7-24-14-25)18-6-5-17(22)11-19(18)23;2-1(3)4/h1-8,11-12,14H,9-10,13H2;(H,2,3,4). The molecule has 0 aliphatic heterocycles. The van der Waals surface area contributed by atoms with Crippen LogP contribution in [-0.4, -0.2) is 33.1 Å². The van der Waals surface area contributed by atoms with E-state index in [1.807, 2.05) is 36.5 Å². The number of rotatable bonds is 8. The Labute approximate surface area is 193 Å². The molecule has 0 atom stereocenters. The minimum atomic E-state index is -1.50. The molecule has 0 aliphatic rings. The number of ether oxygens (including phenoxy) is 2. The minimum absolute atomic E-state index is 0.368. The van der Waals surface area contributed by atoms with Gasteiger partial charge in [-0.05, 0) is 35.9 Å². The van der Waals surface area contributed by atoms with Gasteiger partial charge in [0.25, 0.3) is 5.09 Å². The predicted octanol–water partition coefficient (Wildman–Crippen LogP) is 5.68. The van der Waals surface area contributed by atoms with Gasteiger partial charge < -0.3 is 19.2 Å². The second-order valence-electron chi connectivity index (χ2n) is 5.89. The molecular formula is C20H18Cl3N3O5. The van der Waals surface area contributed by atoms with Gasteiger partial charge in [0, 0.05) is 28.0 Å². The van der Waals surface area contributed by atoms with Crippen LogP contribution in [0.2, 0.25) is 15.1 Å². The van der Waals surface area contributed by atoms with E-state index in [4.69, 9.17) is 59.6 Å². The molecule has 0 radical (unpaired) electrons. The molecule has 164 valence electrons. The topological polar surface area (TPSA) is 99.7 Å². The van der Waals surface area contributed by atoms with Gasteiger partial charge in [0.05, 0.1) is 30.8 Å². The van der Waals surface area contributed by atoms with Crippen LogP contribution in [0.1, 0.15) is 11.1 Å². The molecule has 0 amide bonds. The fraction of sp³-hybridized carbons (Fsp3) is 0.150. The highest BCUT2D eigenvalue weighted by molar-refractivity contribution is 6.35. The van der Waals surface area contributed by atoms with E-state index in [1.54, 1.807) is 35.4 Å². The molecule has 8 nitrogen and oxygen atoms in total. The van der Waals surface area contributed by atoms with E-state index in [1.165, 1.54) is 0 Å². The van der Waals surface area contributed by atoms with E-state index in [9.17, 15) is 0 Å². The highest BCUT2D eigenvalue weighted by Gasteiger charge is 2.09. The molecule has 3 rings (SSSR count). The number of hydrogen-bond donors (Lipinski definition) is 1. The zero-order valence-corrected chi connectivity index (χ0v) is 18.3. The lowest BCUT2D eigenvalue weighted by Crippen LogP contribution is -2.05. The van der Waals surface area contributed by atoms with Gasteiger partial charge in [-0.15, -0.1) is 10.1 Å². The summed E-state index contributed by atoms with van der Waals surface area (Å²) in [6.45, 7) is 1.28. The van der Waals surface area contributed by atoms with Gasteiger partial charge in [0.2, 0.25) is 0 Å². The van der Waals surface area contributed by atoms with Crippen LogP contribution in [0.15, 0.2) is 61.2 Å². The van der Waals surface area contributed by atoms with Gasteiger partial charge >= 0.3 is 0 Å². The average molecular weight is 487 g/mol. The normalized spacial score (nSPS) is 10.9. The smallest absolute Gasteiger partial charge is 0.291 e. The highest BCUT2D eigenvalue weighted by Crippen LogP contribution is 2.28. The Morgan fingerprint density at radius 2 is 1.81 bits per heavy atom. The maximum Gasteiger partial charge on any atom is 0.291 e. The molecule has 11 heteroatoms. The Bertz CT molecular complexity index is 992. The largest absolute Gasteiger partial charge is 0.489 e. The fourth-order valence-electron chi connectivity index (χ4n) is 2.34. The Hall–Kier alpha value is -2.78. The molecule has 0 saturated carbocycles. The zero-order valence-electron chi connectivity index (χ0n) is 16.0. The lowest BCUT2D eigenvalue weighted by Gasteiger charge is -2.13. The lowest BCUT2D eigenvalue weighted by atomic mass is 10.2. The third kappa shape index (κ3) is 9.27. The van der Waals surface area contributed by atoms with Crippen LogP contribution in [0.4, 0.5) is 0 Å². The molecule has 0 bridgehead atoms. The number of nitrogens with zero attached hydrogens (tertiary/aromatic N) is 3. The highest BCUT2D eigenvalue weighted by atomic mass is 35.5. The first-order valence-electron chi connectivity index (χ1n) is 8.78. The number of halogens is 3. The Kier molecular flexibility index (Phi) is 10.1. The van der Waals surface area contributed by atoms with Crippen molar-refractivity contribution in [3.63, 3.8) is 0 Å². The molecule has 2 aromatic carbocycles. The number of benzene rings is 2. The van der Waals surface area contributed by atoms with Crippen molar-refractivity contribution in [2.24, 2.45) is 0 Å². The molecule has 0 fully saturated rings. The number of hydrogen-bond acceptors (Lipinski definition) is 5.